The average molecular weight is 252 g/mol. The second-order valence-electron chi connectivity index (χ2n) is 5.28. The van der Waals surface area contributed by atoms with Crippen molar-refractivity contribution in [2.24, 2.45) is 0 Å². The summed E-state index contributed by atoms with van der Waals surface area (Å²) in [5.41, 5.74) is 1.77. The smallest absolute Gasteiger partial charge is 0.125 e. The summed E-state index contributed by atoms with van der Waals surface area (Å²) >= 11 is 0. The zero-order chi connectivity index (χ0) is 13.8. The summed E-state index contributed by atoms with van der Waals surface area (Å²) in [6, 6.07) is 5.85. The predicted octanol–water partition coefficient (Wildman–Crippen LogP) is 3.24. The van der Waals surface area contributed by atoms with Crippen LogP contribution in [0.4, 0.5) is 0 Å². The number of hydrogen-bond acceptors (Lipinski definition) is 3. The quantitative estimate of drug-likeness (QED) is 0.844. The highest BCUT2D eigenvalue weighted by Crippen LogP contribution is 2.27. The molecule has 1 aromatic rings. The van der Waals surface area contributed by atoms with Crippen LogP contribution in [0.15, 0.2) is 18.2 Å². The first-order chi connectivity index (χ1) is 8.35. The minimum atomic E-state index is -0.518. The summed E-state index contributed by atoms with van der Waals surface area (Å²) in [4.78, 5) is 0. The van der Waals surface area contributed by atoms with Crippen molar-refractivity contribution in [2.45, 2.75) is 45.8 Å². The van der Waals surface area contributed by atoms with Crippen molar-refractivity contribution in [2.75, 3.05) is 13.7 Å². The van der Waals surface area contributed by atoms with Gasteiger partial charge in [-0.3, -0.25) is 0 Å². The van der Waals surface area contributed by atoms with Crippen LogP contribution in [0.1, 0.15) is 44.4 Å². The second kappa shape index (κ2) is 6.21. The van der Waals surface area contributed by atoms with Gasteiger partial charge in [-0.25, -0.2) is 0 Å². The lowest BCUT2D eigenvalue weighted by molar-refractivity contribution is 0.00522. The van der Waals surface area contributed by atoms with Crippen LogP contribution in [0.5, 0.6) is 5.75 Å². The maximum absolute atomic E-state index is 9.70. The molecule has 0 radical (unpaired) electrons. The van der Waals surface area contributed by atoms with E-state index in [2.05, 4.69) is 0 Å². The van der Waals surface area contributed by atoms with Crippen molar-refractivity contribution in [1.29, 1.82) is 0 Å². The summed E-state index contributed by atoms with van der Waals surface area (Å²) in [6.07, 6.45) is 0.285. The molecule has 0 aliphatic rings. The number of benzene rings is 1. The van der Waals surface area contributed by atoms with Crippen LogP contribution >= 0.6 is 0 Å². The predicted molar refractivity (Wildman–Crippen MR) is 73.0 cm³/mol. The first-order valence-corrected chi connectivity index (χ1v) is 6.32. The van der Waals surface area contributed by atoms with Crippen molar-refractivity contribution in [3.05, 3.63) is 29.3 Å². The highest BCUT2D eigenvalue weighted by molar-refractivity contribution is 5.38. The van der Waals surface area contributed by atoms with E-state index in [9.17, 15) is 5.11 Å². The van der Waals surface area contributed by atoms with E-state index in [1.165, 1.54) is 0 Å². The van der Waals surface area contributed by atoms with Crippen LogP contribution in [0.25, 0.3) is 0 Å². The summed E-state index contributed by atoms with van der Waals surface area (Å²) in [5.74, 6) is 0.761. The van der Waals surface area contributed by atoms with Gasteiger partial charge < -0.3 is 14.6 Å². The lowest BCUT2D eigenvalue weighted by Crippen LogP contribution is -2.25. The third-order valence-corrected chi connectivity index (χ3v) is 3.13. The molecule has 1 atom stereocenters. The van der Waals surface area contributed by atoms with Gasteiger partial charge in [0.2, 0.25) is 0 Å². The molecule has 0 aliphatic heterocycles. The van der Waals surface area contributed by atoms with Crippen LogP contribution in [-0.4, -0.2) is 24.4 Å². The first-order valence-electron chi connectivity index (χ1n) is 6.32. The molecule has 0 fully saturated rings. The van der Waals surface area contributed by atoms with Gasteiger partial charge >= 0.3 is 0 Å². The van der Waals surface area contributed by atoms with Crippen molar-refractivity contribution in [3.8, 4) is 5.75 Å². The minimum absolute atomic E-state index is 0.186. The van der Waals surface area contributed by atoms with Gasteiger partial charge in [0.1, 0.15) is 5.75 Å². The van der Waals surface area contributed by atoms with Gasteiger partial charge in [-0.1, -0.05) is 12.1 Å². The van der Waals surface area contributed by atoms with Gasteiger partial charge in [0.05, 0.1) is 18.3 Å². The standard InChI is InChI=1S/C15H24O3/c1-11-6-7-13(12(2)16)14(10-11)18-9-8-15(3,4)17-5/h6-7,10,12,16H,8-9H2,1-5H3/t12-/m1/s1. The number of methoxy groups -OCH3 is 1. The van der Waals surface area contributed by atoms with Gasteiger partial charge in [-0.15, -0.1) is 0 Å². The van der Waals surface area contributed by atoms with E-state index >= 15 is 0 Å². The Morgan fingerprint density at radius 1 is 1.33 bits per heavy atom. The van der Waals surface area contributed by atoms with Crippen molar-refractivity contribution >= 4 is 0 Å². The molecule has 1 aromatic carbocycles. The van der Waals surface area contributed by atoms with Gasteiger partial charge in [0.15, 0.2) is 0 Å². The average Bonchev–Trinajstić information content (AvgIpc) is 2.28. The Kier molecular flexibility index (Phi) is 5.17. The number of rotatable bonds is 6. The maximum Gasteiger partial charge on any atom is 0.125 e. The topological polar surface area (TPSA) is 38.7 Å². The molecule has 0 spiro atoms. The third kappa shape index (κ3) is 4.31. The Morgan fingerprint density at radius 3 is 2.56 bits per heavy atom. The molecule has 0 aromatic heterocycles. The molecule has 3 nitrogen and oxygen atoms in total. The molecule has 0 unspecified atom stereocenters. The fourth-order valence-electron chi connectivity index (χ4n) is 1.62. The van der Waals surface area contributed by atoms with E-state index in [0.29, 0.717) is 6.61 Å². The zero-order valence-electron chi connectivity index (χ0n) is 12.0. The lowest BCUT2D eigenvalue weighted by Gasteiger charge is -2.23. The van der Waals surface area contributed by atoms with Gasteiger partial charge in [-0.2, -0.15) is 0 Å². The summed E-state index contributed by atoms with van der Waals surface area (Å²) in [5, 5.41) is 9.70. The van der Waals surface area contributed by atoms with Crippen LogP contribution in [-0.2, 0) is 4.74 Å². The van der Waals surface area contributed by atoms with Crippen LogP contribution in [0, 0.1) is 6.92 Å². The third-order valence-electron chi connectivity index (χ3n) is 3.13. The number of aliphatic hydroxyl groups excluding tert-OH is 1. The minimum Gasteiger partial charge on any atom is -0.493 e. The number of ether oxygens (including phenoxy) is 2. The van der Waals surface area contributed by atoms with Crippen LogP contribution in [0.2, 0.25) is 0 Å². The van der Waals surface area contributed by atoms with Gasteiger partial charge in [0.25, 0.3) is 0 Å². The Balaban J connectivity index is 2.69. The number of aryl methyl sites for hydroxylation is 1. The molecular formula is C15H24O3. The number of hydrogen-bond donors (Lipinski definition) is 1. The normalized spacial score (nSPS) is 13.4. The van der Waals surface area contributed by atoms with Crippen LogP contribution in [0.3, 0.4) is 0 Å². The van der Waals surface area contributed by atoms with E-state index in [0.717, 1.165) is 23.3 Å². The fraction of sp³-hybridized carbons (Fsp3) is 0.600. The number of aliphatic hydroxyl groups is 1. The van der Waals surface area contributed by atoms with Gasteiger partial charge in [0, 0.05) is 19.1 Å². The molecule has 1 rings (SSSR count). The summed E-state index contributed by atoms with van der Waals surface area (Å²) < 4.78 is 11.1. The highest BCUT2D eigenvalue weighted by Gasteiger charge is 2.17. The lowest BCUT2D eigenvalue weighted by atomic mass is 10.1. The Bertz CT molecular complexity index is 383. The fourth-order valence-corrected chi connectivity index (χ4v) is 1.62. The van der Waals surface area contributed by atoms with Gasteiger partial charge in [-0.05, 0) is 39.3 Å². The Labute approximate surface area is 110 Å². The molecule has 0 amide bonds. The molecule has 3 heteroatoms. The summed E-state index contributed by atoms with van der Waals surface area (Å²) in [6.45, 7) is 8.39. The molecule has 0 saturated carbocycles. The molecule has 0 saturated heterocycles. The van der Waals surface area contributed by atoms with Crippen molar-refractivity contribution < 1.29 is 14.6 Å². The maximum atomic E-state index is 9.70. The Morgan fingerprint density at radius 2 is 2.00 bits per heavy atom. The SMILES string of the molecule is COC(C)(C)CCOc1cc(C)ccc1[C@@H](C)O. The van der Waals surface area contributed by atoms with Crippen LogP contribution < -0.4 is 4.74 Å². The molecular weight excluding hydrogens is 228 g/mol. The zero-order valence-corrected chi connectivity index (χ0v) is 12.0. The van der Waals surface area contributed by atoms with Crippen molar-refractivity contribution in [3.63, 3.8) is 0 Å². The largest absolute Gasteiger partial charge is 0.493 e. The first kappa shape index (κ1) is 15.0. The highest BCUT2D eigenvalue weighted by atomic mass is 16.5. The van der Waals surface area contributed by atoms with E-state index in [1.54, 1.807) is 14.0 Å². The molecule has 102 valence electrons. The molecule has 1 N–H and O–H groups in total. The summed E-state index contributed by atoms with van der Waals surface area (Å²) in [7, 11) is 1.70. The molecule has 0 aliphatic carbocycles. The van der Waals surface area contributed by atoms with E-state index < -0.39 is 6.10 Å². The molecule has 0 bridgehead atoms. The van der Waals surface area contributed by atoms with E-state index in [1.807, 2.05) is 39.0 Å². The van der Waals surface area contributed by atoms with E-state index in [-0.39, 0.29) is 5.60 Å². The monoisotopic (exact) mass is 252 g/mol. The Hall–Kier alpha value is -1.06. The van der Waals surface area contributed by atoms with E-state index in [4.69, 9.17) is 9.47 Å². The molecule has 0 heterocycles. The van der Waals surface area contributed by atoms with Crippen molar-refractivity contribution in [1.82, 2.24) is 0 Å². The second-order valence-corrected chi connectivity index (χ2v) is 5.28. The molecule has 18 heavy (non-hydrogen) atoms.